The van der Waals surface area contributed by atoms with Crippen molar-refractivity contribution in [3.8, 4) is 0 Å². The van der Waals surface area contributed by atoms with E-state index in [0.29, 0.717) is 13.0 Å². The van der Waals surface area contributed by atoms with Crippen LogP contribution in [-0.2, 0) is 16.0 Å². The summed E-state index contributed by atoms with van der Waals surface area (Å²) < 4.78 is 0. The zero-order valence-electron chi connectivity index (χ0n) is 13.5. The Bertz CT molecular complexity index is 795. The third-order valence-electron chi connectivity index (χ3n) is 5.12. The fourth-order valence-electron chi connectivity index (χ4n) is 4.09. The molecule has 0 saturated carbocycles. The van der Waals surface area contributed by atoms with Crippen molar-refractivity contribution in [1.82, 2.24) is 14.8 Å². The van der Waals surface area contributed by atoms with Gasteiger partial charge in [-0.3, -0.25) is 9.59 Å². The van der Waals surface area contributed by atoms with E-state index >= 15 is 0 Å². The molecule has 2 amide bonds. The number of nitrogens with one attached hydrogen (secondary N) is 1. The molecule has 3 heterocycles. The molecule has 23 heavy (non-hydrogen) atoms. The highest BCUT2D eigenvalue weighted by Crippen LogP contribution is 2.38. The van der Waals surface area contributed by atoms with Gasteiger partial charge in [0.25, 0.3) is 0 Å². The van der Waals surface area contributed by atoms with E-state index in [-0.39, 0.29) is 30.4 Å². The van der Waals surface area contributed by atoms with E-state index in [9.17, 15) is 9.59 Å². The van der Waals surface area contributed by atoms with E-state index in [4.69, 9.17) is 0 Å². The van der Waals surface area contributed by atoms with Crippen LogP contribution in [0.5, 0.6) is 0 Å². The number of benzene rings is 1. The molecule has 0 radical (unpaired) electrons. The summed E-state index contributed by atoms with van der Waals surface area (Å²) in [4.78, 5) is 32.4. The molecule has 2 aromatic rings. The maximum Gasteiger partial charge on any atom is 0.246 e. The van der Waals surface area contributed by atoms with Gasteiger partial charge in [0, 0.05) is 29.6 Å². The Hall–Kier alpha value is -2.30. The van der Waals surface area contributed by atoms with E-state index < -0.39 is 0 Å². The van der Waals surface area contributed by atoms with Crippen LogP contribution in [0.15, 0.2) is 24.3 Å². The molecule has 0 spiro atoms. The number of carbonyl (C=O) groups is 2. The van der Waals surface area contributed by atoms with Gasteiger partial charge in [-0.25, -0.2) is 0 Å². The summed E-state index contributed by atoms with van der Waals surface area (Å²) >= 11 is 0. The first kappa shape index (κ1) is 14.3. The Kier molecular flexibility index (Phi) is 3.18. The van der Waals surface area contributed by atoms with Crippen LogP contribution in [0.4, 0.5) is 0 Å². The lowest BCUT2D eigenvalue weighted by molar-refractivity contribution is -0.159. The van der Waals surface area contributed by atoms with Gasteiger partial charge in [0.2, 0.25) is 11.8 Å². The Morgan fingerprint density at radius 1 is 1.26 bits per heavy atom. The molecule has 1 fully saturated rings. The minimum Gasteiger partial charge on any atom is -0.356 e. The molecule has 0 bridgehead atoms. The van der Waals surface area contributed by atoms with Gasteiger partial charge in [0.1, 0.15) is 6.04 Å². The number of hydrogen-bond donors (Lipinski definition) is 1. The number of hydrogen-bond acceptors (Lipinski definition) is 2. The normalized spacial score (nSPS) is 24.1. The molecular formula is C18H21N3O2. The van der Waals surface area contributed by atoms with Gasteiger partial charge in [0.15, 0.2) is 0 Å². The van der Waals surface area contributed by atoms with Crippen molar-refractivity contribution in [2.45, 2.75) is 38.8 Å². The number of aromatic amines is 1. The smallest absolute Gasteiger partial charge is 0.246 e. The molecule has 1 aromatic heterocycles. The van der Waals surface area contributed by atoms with Crippen molar-refractivity contribution < 1.29 is 9.59 Å². The third-order valence-corrected chi connectivity index (χ3v) is 5.12. The van der Waals surface area contributed by atoms with Crippen LogP contribution in [0.2, 0.25) is 0 Å². The molecule has 4 rings (SSSR count). The Morgan fingerprint density at radius 2 is 2.04 bits per heavy atom. The van der Waals surface area contributed by atoms with Crippen molar-refractivity contribution in [2.75, 3.05) is 13.1 Å². The topological polar surface area (TPSA) is 56.4 Å². The van der Waals surface area contributed by atoms with E-state index in [1.165, 1.54) is 10.9 Å². The van der Waals surface area contributed by atoms with E-state index in [1.54, 1.807) is 9.80 Å². The van der Waals surface area contributed by atoms with Gasteiger partial charge >= 0.3 is 0 Å². The number of fused-ring (bicyclic) bond motifs is 4. The minimum absolute atomic E-state index is 0.0554. The first-order chi connectivity index (χ1) is 11.1. The summed E-state index contributed by atoms with van der Waals surface area (Å²) in [7, 11) is 0. The molecular weight excluding hydrogens is 290 g/mol. The lowest BCUT2D eigenvalue weighted by Crippen LogP contribution is -2.62. The third kappa shape index (κ3) is 1.99. The molecule has 2 atom stereocenters. The molecule has 0 aliphatic carbocycles. The molecule has 1 aromatic carbocycles. The average molecular weight is 311 g/mol. The van der Waals surface area contributed by atoms with Gasteiger partial charge in [0.05, 0.1) is 12.6 Å². The molecule has 5 nitrogen and oxygen atoms in total. The quantitative estimate of drug-likeness (QED) is 0.924. The Morgan fingerprint density at radius 3 is 2.83 bits per heavy atom. The SMILES string of the molecule is CCCN1CC(=O)N2C(C)c3[nH]c4ccccc4c3C[C@H]2C1=O. The van der Waals surface area contributed by atoms with Crippen molar-refractivity contribution >= 4 is 22.7 Å². The summed E-state index contributed by atoms with van der Waals surface area (Å²) in [5, 5.41) is 1.17. The second-order valence-corrected chi connectivity index (χ2v) is 6.52. The second-order valence-electron chi connectivity index (χ2n) is 6.52. The zero-order valence-corrected chi connectivity index (χ0v) is 13.5. The maximum atomic E-state index is 12.8. The highest BCUT2D eigenvalue weighted by atomic mass is 16.2. The molecule has 1 N–H and O–H groups in total. The lowest BCUT2D eigenvalue weighted by atomic mass is 9.90. The van der Waals surface area contributed by atoms with Gasteiger partial charge in [-0.2, -0.15) is 0 Å². The van der Waals surface area contributed by atoms with Crippen LogP contribution < -0.4 is 0 Å². The first-order valence-corrected chi connectivity index (χ1v) is 8.31. The summed E-state index contributed by atoms with van der Waals surface area (Å²) in [6.07, 6.45) is 1.48. The van der Waals surface area contributed by atoms with Crippen molar-refractivity contribution in [3.63, 3.8) is 0 Å². The van der Waals surface area contributed by atoms with Crippen molar-refractivity contribution in [1.29, 1.82) is 0 Å². The molecule has 2 aliphatic heterocycles. The van der Waals surface area contributed by atoms with Crippen LogP contribution in [0, 0.1) is 0 Å². The van der Waals surface area contributed by atoms with E-state index in [1.807, 2.05) is 32.0 Å². The first-order valence-electron chi connectivity index (χ1n) is 8.31. The number of carbonyl (C=O) groups excluding carboxylic acids is 2. The Labute approximate surface area is 135 Å². The van der Waals surface area contributed by atoms with E-state index in [0.717, 1.165) is 17.6 Å². The number of H-pyrrole nitrogens is 1. The van der Waals surface area contributed by atoms with Gasteiger partial charge < -0.3 is 14.8 Å². The number of amides is 2. The van der Waals surface area contributed by atoms with Crippen LogP contribution in [-0.4, -0.2) is 45.7 Å². The molecule has 2 aliphatic rings. The number of nitrogens with zero attached hydrogens (tertiary/aromatic N) is 2. The maximum absolute atomic E-state index is 12.8. The van der Waals surface area contributed by atoms with Crippen LogP contribution in [0.1, 0.15) is 37.6 Å². The number of piperazine rings is 1. The average Bonchev–Trinajstić information content (AvgIpc) is 2.92. The van der Waals surface area contributed by atoms with Gasteiger partial charge in [-0.05, 0) is 25.0 Å². The number of rotatable bonds is 2. The molecule has 1 saturated heterocycles. The van der Waals surface area contributed by atoms with E-state index in [2.05, 4.69) is 11.1 Å². The number of para-hydroxylation sites is 1. The Balaban J connectivity index is 1.80. The van der Waals surface area contributed by atoms with Gasteiger partial charge in [-0.1, -0.05) is 25.1 Å². The van der Waals surface area contributed by atoms with Crippen molar-refractivity contribution in [2.24, 2.45) is 0 Å². The summed E-state index contributed by atoms with van der Waals surface area (Å²) in [6, 6.07) is 7.71. The lowest BCUT2D eigenvalue weighted by Gasteiger charge is -2.45. The molecule has 120 valence electrons. The van der Waals surface area contributed by atoms with Crippen LogP contribution in [0.3, 0.4) is 0 Å². The highest BCUT2D eigenvalue weighted by molar-refractivity contribution is 5.97. The summed E-state index contributed by atoms with van der Waals surface area (Å²) in [5.74, 6) is 0.147. The minimum atomic E-state index is -0.357. The largest absolute Gasteiger partial charge is 0.356 e. The summed E-state index contributed by atoms with van der Waals surface area (Å²) in [5.41, 5.74) is 3.34. The highest BCUT2D eigenvalue weighted by Gasteiger charge is 2.45. The zero-order chi connectivity index (χ0) is 16.1. The monoisotopic (exact) mass is 311 g/mol. The fraction of sp³-hybridized carbons (Fsp3) is 0.444. The van der Waals surface area contributed by atoms with Crippen molar-refractivity contribution in [3.05, 3.63) is 35.5 Å². The van der Waals surface area contributed by atoms with Crippen LogP contribution in [0.25, 0.3) is 10.9 Å². The standard InChI is InChI=1S/C18H21N3O2/c1-3-8-20-10-16(22)21-11(2)17-13(9-15(21)18(20)23)12-6-4-5-7-14(12)19-17/h4-7,11,15,19H,3,8-10H2,1-2H3/t11?,15-/m0/s1. The van der Waals surface area contributed by atoms with Gasteiger partial charge in [-0.15, -0.1) is 0 Å². The van der Waals surface area contributed by atoms with Crippen LogP contribution >= 0.6 is 0 Å². The summed E-state index contributed by atoms with van der Waals surface area (Å²) in [6.45, 7) is 4.92. The molecule has 1 unspecified atom stereocenters. The predicted molar refractivity (Wildman–Crippen MR) is 87.9 cm³/mol. The predicted octanol–water partition coefficient (Wildman–Crippen LogP) is 2.23. The number of aromatic nitrogens is 1. The molecule has 5 heteroatoms. The fourth-order valence-corrected chi connectivity index (χ4v) is 4.09. The second kappa shape index (κ2) is 5.11.